The summed E-state index contributed by atoms with van der Waals surface area (Å²) in [6, 6.07) is 3.90. The van der Waals surface area contributed by atoms with E-state index in [4.69, 9.17) is 14.6 Å². The van der Waals surface area contributed by atoms with Crippen molar-refractivity contribution in [2.24, 2.45) is 0 Å². The standard InChI is InChI=1S/C13H16N2O7/c1-21-11-7-9(4-5-10(11)15(19)20)22-8-12(16)14-6-2-3-13(17)18/h4-5,7H,2-3,6,8H2,1H3,(H,14,16)(H,17,18). The van der Waals surface area contributed by atoms with Crippen molar-refractivity contribution in [2.45, 2.75) is 12.8 Å². The van der Waals surface area contributed by atoms with Crippen molar-refractivity contribution in [3.63, 3.8) is 0 Å². The van der Waals surface area contributed by atoms with Crippen molar-refractivity contribution in [1.82, 2.24) is 5.32 Å². The van der Waals surface area contributed by atoms with Crippen LogP contribution in [0.1, 0.15) is 12.8 Å². The Labute approximate surface area is 126 Å². The van der Waals surface area contributed by atoms with Gasteiger partial charge in [0.1, 0.15) is 5.75 Å². The number of carboxylic acids is 1. The molecule has 9 nitrogen and oxygen atoms in total. The zero-order valence-corrected chi connectivity index (χ0v) is 11.9. The molecule has 0 aromatic heterocycles. The van der Waals surface area contributed by atoms with Crippen LogP contribution in [0.25, 0.3) is 0 Å². The van der Waals surface area contributed by atoms with Crippen molar-refractivity contribution in [3.05, 3.63) is 28.3 Å². The van der Waals surface area contributed by atoms with E-state index >= 15 is 0 Å². The van der Waals surface area contributed by atoms with Gasteiger partial charge in [-0.1, -0.05) is 0 Å². The number of carboxylic acid groups (broad SMARTS) is 1. The number of nitrogens with one attached hydrogen (secondary N) is 1. The van der Waals surface area contributed by atoms with E-state index in [9.17, 15) is 19.7 Å². The predicted octanol–water partition coefficient (Wildman–Crippen LogP) is 0.963. The van der Waals surface area contributed by atoms with Crippen LogP contribution < -0.4 is 14.8 Å². The third kappa shape index (κ3) is 5.65. The largest absolute Gasteiger partial charge is 0.490 e. The molecule has 0 saturated heterocycles. The molecule has 9 heteroatoms. The fourth-order valence-corrected chi connectivity index (χ4v) is 1.57. The smallest absolute Gasteiger partial charge is 0.311 e. The molecule has 120 valence electrons. The second-order valence-corrected chi connectivity index (χ2v) is 4.23. The van der Waals surface area contributed by atoms with Gasteiger partial charge < -0.3 is 19.9 Å². The van der Waals surface area contributed by atoms with E-state index in [-0.39, 0.29) is 36.8 Å². The molecule has 1 rings (SSSR count). The van der Waals surface area contributed by atoms with Crippen LogP contribution in [0.4, 0.5) is 5.69 Å². The van der Waals surface area contributed by atoms with Gasteiger partial charge in [0.25, 0.3) is 5.91 Å². The van der Waals surface area contributed by atoms with E-state index < -0.39 is 16.8 Å². The number of amides is 1. The third-order valence-corrected chi connectivity index (χ3v) is 2.61. The van der Waals surface area contributed by atoms with Crippen molar-refractivity contribution in [1.29, 1.82) is 0 Å². The first-order valence-electron chi connectivity index (χ1n) is 6.37. The van der Waals surface area contributed by atoms with Crippen LogP contribution in [0.3, 0.4) is 0 Å². The minimum atomic E-state index is -0.927. The third-order valence-electron chi connectivity index (χ3n) is 2.61. The van der Waals surface area contributed by atoms with Crippen LogP contribution in [0.5, 0.6) is 11.5 Å². The molecule has 0 aliphatic heterocycles. The van der Waals surface area contributed by atoms with Crippen molar-refractivity contribution in [3.8, 4) is 11.5 Å². The van der Waals surface area contributed by atoms with Crippen LogP contribution in [0, 0.1) is 10.1 Å². The fraction of sp³-hybridized carbons (Fsp3) is 0.385. The fourth-order valence-electron chi connectivity index (χ4n) is 1.57. The Balaban J connectivity index is 2.45. The molecule has 0 unspecified atom stereocenters. The summed E-state index contributed by atoms with van der Waals surface area (Å²) < 4.78 is 10.1. The Morgan fingerprint density at radius 2 is 2.14 bits per heavy atom. The number of nitrogens with zero attached hydrogens (tertiary/aromatic N) is 1. The summed E-state index contributed by atoms with van der Waals surface area (Å²) in [6.07, 6.45) is 0.299. The molecule has 1 aromatic rings. The molecule has 0 aliphatic rings. The second kappa shape index (κ2) is 8.45. The minimum Gasteiger partial charge on any atom is -0.490 e. The second-order valence-electron chi connectivity index (χ2n) is 4.23. The highest BCUT2D eigenvalue weighted by molar-refractivity contribution is 5.77. The van der Waals surface area contributed by atoms with E-state index in [2.05, 4.69) is 5.32 Å². The van der Waals surface area contributed by atoms with Gasteiger partial charge in [-0.3, -0.25) is 19.7 Å². The van der Waals surface area contributed by atoms with Crippen LogP contribution in [-0.4, -0.2) is 42.2 Å². The molecule has 0 aliphatic carbocycles. The number of carbonyl (C=O) groups is 2. The van der Waals surface area contributed by atoms with Crippen molar-refractivity contribution < 1.29 is 29.1 Å². The number of carbonyl (C=O) groups excluding carboxylic acids is 1. The summed E-state index contributed by atoms with van der Waals surface area (Å²) in [4.78, 5) is 31.9. The zero-order chi connectivity index (χ0) is 16.5. The number of benzene rings is 1. The van der Waals surface area contributed by atoms with Crippen LogP contribution in [-0.2, 0) is 9.59 Å². The van der Waals surface area contributed by atoms with Gasteiger partial charge in [-0.05, 0) is 12.5 Å². The Bertz CT molecular complexity index is 559. The molecule has 22 heavy (non-hydrogen) atoms. The number of aliphatic carboxylic acids is 1. The number of rotatable bonds is 9. The number of methoxy groups -OCH3 is 1. The SMILES string of the molecule is COc1cc(OCC(=O)NCCCC(=O)O)ccc1[N+](=O)[O-]. The molecule has 0 radical (unpaired) electrons. The van der Waals surface area contributed by atoms with Gasteiger partial charge >= 0.3 is 11.7 Å². The average molecular weight is 312 g/mol. The van der Waals surface area contributed by atoms with Crippen LogP contribution in [0.2, 0.25) is 0 Å². The molecule has 0 atom stereocenters. The molecule has 0 spiro atoms. The molecule has 1 aromatic carbocycles. The van der Waals surface area contributed by atoms with Gasteiger partial charge in [0.2, 0.25) is 5.75 Å². The highest BCUT2D eigenvalue weighted by Crippen LogP contribution is 2.30. The topological polar surface area (TPSA) is 128 Å². The first-order valence-corrected chi connectivity index (χ1v) is 6.37. The summed E-state index contributed by atoms with van der Waals surface area (Å²) in [7, 11) is 1.29. The Hall–Kier alpha value is -2.84. The van der Waals surface area contributed by atoms with Gasteiger partial charge in [-0.15, -0.1) is 0 Å². The highest BCUT2D eigenvalue weighted by atomic mass is 16.6. The van der Waals surface area contributed by atoms with Gasteiger partial charge in [0.15, 0.2) is 6.61 Å². The lowest BCUT2D eigenvalue weighted by Crippen LogP contribution is -2.29. The van der Waals surface area contributed by atoms with E-state index in [0.29, 0.717) is 6.42 Å². The van der Waals surface area contributed by atoms with Crippen LogP contribution >= 0.6 is 0 Å². The van der Waals surface area contributed by atoms with Crippen molar-refractivity contribution in [2.75, 3.05) is 20.3 Å². The van der Waals surface area contributed by atoms with Gasteiger partial charge in [0, 0.05) is 25.1 Å². The maximum atomic E-state index is 11.5. The molecule has 2 N–H and O–H groups in total. The van der Waals surface area contributed by atoms with Gasteiger partial charge in [0.05, 0.1) is 12.0 Å². The highest BCUT2D eigenvalue weighted by Gasteiger charge is 2.15. The molecule has 0 saturated carbocycles. The first-order chi connectivity index (χ1) is 10.4. The normalized spacial score (nSPS) is 9.86. The van der Waals surface area contributed by atoms with Crippen molar-refractivity contribution >= 4 is 17.6 Å². The minimum absolute atomic E-state index is 0.0271. The van der Waals surface area contributed by atoms with Crippen LogP contribution in [0.15, 0.2) is 18.2 Å². The number of hydrogen-bond donors (Lipinski definition) is 2. The van der Waals surface area contributed by atoms with Gasteiger partial charge in [-0.25, -0.2) is 0 Å². The molecular weight excluding hydrogens is 296 g/mol. The summed E-state index contributed by atoms with van der Waals surface area (Å²) in [5.74, 6) is -1.06. The maximum absolute atomic E-state index is 11.5. The lowest BCUT2D eigenvalue weighted by Gasteiger charge is -2.08. The number of nitro groups is 1. The lowest BCUT2D eigenvalue weighted by atomic mass is 10.3. The number of ether oxygens (including phenoxy) is 2. The first kappa shape index (κ1) is 17.2. The summed E-state index contributed by atoms with van der Waals surface area (Å²) in [5, 5.41) is 21.7. The quantitative estimate of drug-likeness (QED) is 0.395. The summed E-state index contributed by atoms with van der Waals surface area (Å²) in [6.45, 7) is -0.0495. The Morgan fingerprint density at radius 1 is 1.41 bits per heavy atom. The van der Waals surface area contributed by atoms with Gasteiger partial charge in [-0.2, -0.15) is 0 Å². The summed E-state index contributed by atoms with van der Waals surface area (Å²) >= 11 is 0. The zero-order valence-electron chi connectivity index (χ0n) is 11.9. The molecule has 0 heterocycles. The molecular formula is C13H16N2O7. The summed E-state index contributed by atoms with van der Waals surface area (Å²) in [5.41, 5.74) is -0.201. The Kier molecular flexibility index (Phi) is 6.61. The number of nitro benzene ring substituents is 1. The molecule has 0 fully saturated rings. The van der Waals surface area contributed by atoms with E-state index in [1.807, 2.05) is 0 Å². The molecule has 1 amide bonds. The molecule has 0 bridgehead atoms. The predicted molar refractivity (Wildman–Crippen MR) is 75.0 cm³/mol. The monoisotopic (exact) mass is 312 g/mol. The lowest BCUT2D eigenvalue weighted by molar-refractivity contribution is -0.385. The Morgan fingerprint density at radius 3 is 2.73 bits per heavy atom. The van der Waals surface area contributed by atoms with E-state index in [1.165, 1.54) is 25.3 Å². The number of hydrogen-bond acceptors (Lipinski definition) is 6. The maximum Gasteiger partial charge on any atom is 0.311 e. The average Bonchev–Trinajstić information content (AvgIpc) is 2.48. The van der Waals surface area contributed by atoms with E-state index in [1.54, 1.807) is 0 Å². The van der Waals surface area contributed by atoms with E-state index in [0.717, 1.165) is 0 Å².